The third-order valence-electron chi connectivity index (χ3n) is 4.96. The van der Waals surface area contributed by atoms with E-state index in [1.165, 1.54) is 10.5 Å². The van der Waals surface area contributed by atoms with Gasteiger partial charge in [0.2, 0.25) is 15.9 Å². The number of carbonyl (C=O) groups excluding carboxylic acids is 1. The molecule has 1 aliphatic rings. The molecule has 0 radical (unpaired) electrons. The Hall–Kier alpha value is -1.77. The summed E-state index contributed by atoms with van der Waals surface area (Å²) in [5.74, 6) is -0.0490. The molecule has 0 aromatic carbocycles. The zero-order valence-electron chi connectivity index (χ0n) is 14.9. The van der Waals surface area contributed by atoms with E-state index in [-0.39, 0.29) is 22.8 Å². The number of rotatable bonds is 5. The van der Waals surface area contributed by atoms with Crippen molar-refractivity contribution in [3.8, 4) is 0 Å². The maximum absolute atomic E-state index is 12.8. The maximum Gasteiger partial charge on any atom is 0.244 e. The van der Waals surface area contributed by atoms with Crippen molar-refractivity contribution in [3.05, 3.63) is 46.9 Å². The van der Waals surface area contributed by atoms with Crippen molar-refractivity contribution in [2.45, 2.75) is 30.7 Å². The number of carbonyl (C=O) groups is 1. The molecule has 2 aromatic heterocycles. The summed E-state index contributed by atoms with van der Waals surface area (Å²) >= 11 is 1.64. The lowest BCUT2D eigenvalue weighted by molar-refractivity contribution is -0.137. The molecule has 0 bridgehead atoms. The zero-order valence-corrected chi connectivity index (χ0v) is 16.5. The van der Waals surface area contributed by atoms with Crippen LogP contribution in [0.5, 0.6) is 0 Å². The van der Waals surface area contributed by atoms with Crippen LogP contribution >= 0.6 is 11.3 Å². The van der Waals surface area contributed by atoms with E-state index >= 15 is 0 Å². The summed E-state index contributed by atoms with van der Waals surface area (Å²) in [5, 5.41) is 2.01. The minimum absolute atomic E-state index is 0.0275. The number of amides is 1. The van der Waals surface area contributed by atoms with Crippen LogP contribution in [0.4, 0.5) is 0 Å². The van der Waals surface area contributed by atoms with Crippen LogP contribution in [0.3, 0.4) is 0 Å². The van der Waals surface area contributed by atoms with E-state index < -0.39 is 10.0 Å². The Morgan fingerprint density at radius 2 is 2.04 bits per heavy atom. The molecule has 1 saturated heterocycles. The highest BCUT2D eigenvalue weighted by atomic mass is 32.2. The number of hydrogen-bond acceptors (Lipinski definition) is 5. The number of hydrogen-bond donors (Lipinski definition) is 0. The van der Waals surface area contributed by atoms with E-state index in [0.717, 1.165) is 4.88 Å². The first-order chi connectivity index (χ1) is 12.4. The van der Waals surface area contributed by atoms with Gasteiger partial charge in [-0.15, -0.1) is 11.3 Å². The molecule has 1 amide bonds. The van der Waals surface area contributed by atoms with Crippen molar-refractivity contribution in [2.75, 3.05) is 20.1 Å². The van der Waals surface area contributed by atoms with Gasteiger partial charge in [0, 0.05) is 43.3 Å². The van der Waals surface area contributed by atoms with Gasteiger partial charge in [-0.05, 0) is 43.3 Å². The van der Waals surface area contributed by atoms with Crippen molar-refractivity contribution < 1.29 is 13.2 Å². The van der Waals surface area contributed by atoms with Crippen molar-refractivity contribution in [1.29, 1.82) is 0 Å². The molecule has 140 valence electrons. The molecule has 0 N–H and O–H groups in total. The normalized spacial score (nSPS) is 17.8. The van der Waals surface area contributed by atoms with Crippen LogP contribution in [0.25, 0.3) is 0 Å². The minimum atomic E-state index is -3.54. The minimum Gasteiger partial charge on any atom is -0.338 e. The second kappa shape index (κ2) is 7.85. The van der Waals surface area contributed by atoms with Gasteiger partial charge >= 0.3 is 0 Å². The van der Waals surface area contributed by atoms with Crippen LogP contribution < -0.4 is 0 Å². The Morgan fingerprint density at radius 1 is 1.31 bits per heavy atom. The Labute approximate surface area is 158 Å². The Balaban J connectivity index is 1.62. The largest absolute Gasteiger partial charge is 0.338 e. The van der Waals surface area contributed by atoms with Crippen LogP contribution in [-0.4, -0.2) is 48.7 Å². The number of thiophene rings is 1. The van der Waals surface area contributed by atoms with Gasteiger partial charge in [-0.3, -0.25) is 9.78 Å². The molecule has 26 heavy (non-hydrogen) atoms. The van der Waals surface area contributed by atoms with Gasteiger partial charge < -0.3 is 4.90 Å². The van der Waals surface area contributed by atoms with Crippen LogP contribution in [-0.2, 0) is 14.8 Å². The van der Waals surface area contributed by atoms with Gasteiger partial charge in [0.25, 0.3) is 0 Å². The molecule has 1 atom stereocenters. The first-order valence-electron chi connectivity index (χ1n) is 8.61. The third-order valence-corrected chi connectivity index (χ3v) is 7.88. The second-order valence-electron chi connectivity index (χ2n) is 6.51. The lowest BCUT2D eigenvalue weighted by Crippen LogP contribution is -2.43. The molecule has 0 saturated carbocycles. The van der Waals surface area contributed by atoms with Crippen LogP contribution in [0.15, 0.2) is 46.9 Å². The van der Waals surface area contributed by atoms with Crippen molar-refractivity contribution in [1.82, 2.24) is 14.2 Å². The Kier molecular flexibility index (Phi) is 5.74. The standard InChI is InChI=1S/C18H23N3O3S2/c1-14(17-6-4-12-25-17)20(2)18(22)15-7-10-21(11-8-15)26(23,24)16-5-3-9-19-13-16/h3-6,9,12-15H,7-8,10-11H2,1-2H3/t14-/m0/s1. The van der Waals surface area contributed by atoms with Crippen LogP contribution in [0.1, 0.15) is 30.7 Å². The van der Waals surface area contributed by atoms with Gasteiger partial charge in [0.05, 0.1) is 6.04 Å². The van der Waals surface area contributed by atoms with Crippen molar-refractivity contribution in [3.63, 3.8) is 0 Å². The topological polar surface area (TPSA) is 70.6 Å². The summed E-state index contributed by atoms with van der Waals surface area (Å²) < 4.78 is 26.8. The zero-order chi connectivity index (χ0) is 18.7. The molecule has 0 unspecified atom stereocenters. The summed E-state index contributed by atoms with van der Waals surface area (Å²) in [4.78, 5) is 19.8. The molecule has 3 heterocycles. The van der Waals surface area contributed by atoms with E-state index in [9.17, 15) is 13.2 Å². The van der Waals surface area contributed by atoms with E-state index in [2.05, 4.69) is 4.98 Å². The number of sulfonamides is 1. The summed E-state index contributed by atoms with van der Waals surface area (Å²) in [5.41, 5.74) is 0. The molecule has 0 spiro atoms. The number of aromatic nitrogens is 1. The summed E-state index contributed by atoms with van der Waals surface area (Å²) in [6, 6.07) is 7.21. The molecular weight excluding hydrogens is 370 g/mol. The molecule has 3 rings (SSSR count). The molecule has 6 nitrogen and oxygen atoms in total. The highest BCUT2D eigenvalue weighted by Crippen LogP contribution is 2.29. The molecule has 8 heteroatoms. The lowest BCUT2D eigenvalue weighted by atomic mass is 9.96. The average Bonchev–Trinajstić information content (AvgIpc) is 3.22. The van der Waals surface area contributed by atoms with Gasteiger partial charge in [0.15, 0.2) is 0 Å². The number of pyridine rings is 1. The van der Waals surface area contributed by atoms with Gasteiger partial charge in [0.1, 0.15) is 4.90 Å². The van der Waals surface area contributed by atoms with Crippen LogP contribution in [0.2, 0.25) is 0 Å². The lowest BCUT2D eigenvalue weighted by Gasteiger charge is -2.34. The van der Waals surface area contributed by atoms with E-state index in [1.807, 2.05) is 31.5 Å². The number of piperidine rings is 1. The van der Waals surface area contributed by atoms with Crippen molar-refractivity contribution >= 4 is 27.3 Å². The van der Waals surface area contributed by atoms with E-state index in [1.54, 1.807) is 34.6 Å². The Morgan fingerprint density at radius 3 is 2.62 bits per heavy atom. The molecular formula is C18H23N3O3S2. The van der Waals surface area contributed by atoms with Crippen molar-refractivity contribution in [2.24, 2.45) is 5.92 Å². The average molecular weight is 394 g/mol. The fourth-order valence-corrected chi connectivity index (χ4v) is 5.45. The smallest absolute Gasteiger partial charge is 0.244 e. The molecule has 0 aliphatic carbocycles. The van der Waals surface area contributed by atoms with Crippen LogP contribution in [0, 0.1) is 5.92 Å². The Bertz CT molecular complexity index is 830. The SMILES string of the molecule is C[C@@H](c1cccs1)N(C)C(=O)C1CCN(S(=O)(=O)c2cccnc2)CC1. The van der Waals surface area contributed by atoms with Gasteiger partial charge in [-0.2, -0.15) is 4.31 Å². The monoisotopic (exact) mass is 393 g/mol. The first-order valence-corrected chi connectivity index (χ1v) is 10.9. The van der Waals surface area contributed by atoms with Gasteiger partial charge in [-0.25, -0.2) is 8.42 Å². The number of nitrogens with zero attached hydrogens (tertiary/aromatic N) is 3. The van der Waals surface area contributed by atoms with E-state index in [0.29, 0.717) is 25.9 Å². The summed E-state index contributed by atoms with van der Waals surface area (Å²) in [6.45, 7) is 2.73. The molecule has 2 aromatic rings. The van der Waals surface area contributed by atoms with Gasteiger partial charge in [-0.1, -0.05) is 6.07 Å². The summed E-state index contributed by atoms with van der Waals surface area (Å²) in [7, 11) is -1.71. The fraction of sp³-hybridized carbons (Fsp3) is 0.444. The summed E-state index contributed by atoms with van der Waals surface area (Å²) in [6.07, 6.45) is 4.00. The first kappa shape index (κ1) is 19.0. The highest BCUT2D eigenvalue weighted by molar-refractivity contribution is 7.89. The van der Waals surface area contributed by atoms with E-state index in [4.69, 9.17) is 0 Å². The molecule has 1 aliphatic heterocycles. The molecule has 1 fully saturated rings. The second-order valence-corrected chi connectivity index (χ2v) is 9.42. The quantitative estimate of drug-likeness (QED) is 0.783. The fourth-order valence-electron chi connectivity index (χ4n) is 3.19. The maximum atomic E-state index is 12.8. The third kappa shape index (κ3) is 3.82. The predicted molar refractivity (Wildman–Crippen MR) is 101 cm³/mol. The highest BCUT2D eigenvalue weighted by Gasteiger charge is 2.34. The predicted octanol–water partition coefficient (Wildman–Crippen LogP) is 2.76.